The second kappa shape index (κ2) is 11.7. The van der Waals surface area contributed by atoms with Crippen molar-refractivity contribution in [3.63, 3.8) is 0 Å². The molecule has 1 fully saturated rings. The lowest BCUT2D eigenvalue weighted by molar-refractivity contribution is -0.111. The van der Waals surface area contributed by atoms with Crippen molar-refractivity contribution in [2.24, 2.45) is 5.92 Å². The van der Waals surface area contributed by atoms with Gasteiger partial charge in [0.05, 0.1) is 25.6 Å². The summed E-state index contributed by atoms with van der Waals surface area (Å²) in [4.78, 5) is 40.4. The summed E-state index contributed by atoms with van der Waals surface area (Å²) in [5.74, 6) is 1.17. The molecule has 2 atom stereocenters. The molecule has 0 aliphatic carbocycles. The number of hydrogen-bond donors (Lipinski definition) is 2. The topological polar surface area (TPSA) is 102 Å². The summed E-state index contributed by atoms with van der Waals surface area (Å²) in [6.07, 6.45) is 4.18. The minimum atomic E-state index is -0.321. The number of carbonyl (C=O) groups excluding carboxylic acids is 2. The third kappa shape index (κ3) is 5.59. The molecule has 1 aromatic heterocycles. The maximum atomic E-state index is 13.1. The molecule has 1 saturated heterocycles. The molecule has 5 rings (SSSR count). The zero-order valence-corrected chi connectivity index (χ0v) is 23.0. The Bertz CT molecular complexity index is 1510. The number of fused-ring (bicyclic) bond motifs is 4. The molecule has 0 saturated carbocycles. The number of aromatic nitrogens is 1. The van der Waals surface area contributed by atoms with E-state index in [1.54, 1.807) is 50.6 Å². The molecule has 9 nitrogen and oxygen atoms in total. The monoisotopic (exact) mass is 542 g/mol. The van der Waals surface area contributed by atoms with E-state index in [4.69, 9.17) is 9.47 Å². The number of ether oxygens (including phenoxy) is 2. The van der Waals surface area contributed by atoms with E-state index < -0.39 is 0 Å². The number of pyridine rings is 1. The van der Waals surface area contributed by atoms with Gasteiger partial charge in [0.15, 0.2) is 11.5 Å². The summed E-state index contributed by atoms with van der Waals surface area (Å²) in [5, 5.41) is 5.83. The molecule has 208 valence electrons. The van der Waals surface area contributed by atoms with Crippen LogP contribution in [0.2, 0.25) is 0 Å². The van der Waals surface area contributed by atoms with Crippen molar-refractivity contribution in [3.05, 3.63) is 87.8 Å². The van der Waals surface area contributed by atoms with Gasteiger partial charge in [0.25, 0.3) is 11.5 Å². The van der Waals surface area contributed by atoms with Crippen LogP contribution in [0, 0.1) is 5.92 Å². The van der Waals surface area contributed by atoms with E-state index >= 15 is 0 Å². The number of benzene rings is 2. The third-order valence-corrected chi connectivity index (χ3v) is 7.51. The Kier molecular flexibility index (Phi) is 7.91. The fraction of sp³-hybridized carbons (Fsp3) is 0.323. The molecule has 2 N–H and O–H groups in total. The van der Waals surface area contributed by atoms with E-state index in [1.165, 1.54) is 6.08 Å². The molecule has 1 unspecified atom stereocenters. The van der Waals surface area contributed by atoms with E-state index in [9.17, 15) is 14.4 Å². The van der Waals surface area contributed by atoms with Crippen molar-refractivity contribution >= 4 is 29.3 Å². The number of carbonyl (C=O) groups is 2. The van der Waals surface area contributed by atoms with Crippen LogP contribution in [0.4, 0.5) is 11.4 Å². The summed E-state index contributed by atoms with van der Waals surface area (Å²) in [6, 6.07) is 16.3. The highest BCUT2D eigenvalue weighted by Crippen LogP contribution is 2.39. The molecule has 0 spiro atoms. The Morgan fingerprint density at radius 2 is 1.82 bits per heavy atom. The van der Waals surface area contributed by atoms with Crippen LogP contribution in [0.1, 0.15) is 40.9 Å². The summed E-state index contributed by atoms with van der Waals surface area (Å²) >= 11 is 0. The predicted octanol–water partition coefficient (Wildman–Crippen LogP) is 3.89. The van der Waals surface area contributed by atoms with Gasteiger partial charge >= 0.3 is 0 Å². The van der Waals surface area contributed by atoms with Crippen molar-refractivity contribution in [3.8, 4) is 11.5 Å². The molecular formula is C31H34N4O5. The minimum Gasteiger partial charge on any atom is -0.493 e. The Hall–Kier alpha value is -4.53. The Labute approximate surface area is 233 Å². The van der Waals surface area contributed by atoms with Crippen LogP contribution in [0.5, 0.6) is 11.5 Å². The summed E-state index contributed by atoms with van der Waals surface area (Å²) in [5.41, 5.74) is 3.76. The molecule has 2 amide bonds. The zero-order valence-electron chi connectivity index (χ0n) is 23.0. The van der Waals surface area contributed by atoms with E-state index in [-0.39, 0.29) is 23.3 Å². The molecule has 9 heteroatoms. The van der Waals surface area contributed by atoms with Gasteiger partial charge in [-0.2, -0.15) is 0 Å². The highest BCUT2D eigenvalue weighted by molar-refractivity contribution is 6.05. The van der Waals surface area contributed by atoms with E-state index in [0.29, 0.717) is 48.3 Å². The Morgan fingerprint density at radius 1 is 1.00 bits per heavy atom. The minimum absolute atomic E-state index is 0.0427. The molecular weight excluding hydrogens is 508 g/mol. The second-order valence-corrected chi connectivity index (χ2v) is 10.1. The lowest BCUT2D eigenvalue weighted by atomic mass is 9.83. The van der Waals surface area contributed by atoms with Gasteiger partial charge in [0, 0.05) is 55.5 Å². The van der Waals surface area contributed by atoms with Gasteiger partial charge < -0.3 is 29.6 Å². The normalized spacial score (nSPS) is 17.7. The molecule has 0 radical (unpaired) electrons. The maximum Gasteiger partial charge on any atom is 0.251 e. The number of nitrogens with zero attached hydrogens (tertiary/aromatic N) is 2. The second-order valence-electron chi connectivity index (χ2n) is 10.1. The Balaban J connectivity index is 1.41. The van der Waals surface area contributed by atoms with Gasteiger partial charge in [-0.15, -0.1) is 0 Å². The van der Waals surface area contributed by atoms with E-state index in [0.717, 1.165) is 29.9 Å². The highest BCUT2D eigenvalue weighted by atomic mass is 16.5. The first-order valence-corrected chi connectivity index (χ1v) is 13.5. The number of piperidine rings is 1. The molecule has 3 heterocycles. The lowest BCUT2D eigenvalue weighted by Crippen LogP contribution is -2.47. The third-order valence-electron chi connectivity index (χ3n) is 7.51. The van der Waals surface area contributed by atoms with E-state index in [1.807, 2.05) is 35.8 Å². The van der Waals surface area contributed by atoms with Gasteiger partial charge in [0.2, 0.25) is 5.91 Å². The predicted molar refractivity (Wildman–Crippen MR) is 155 cm³/mol. The van der Waals surface area contributed by atoms with Crippen LogP contribution < -0.4 is 30.6 Å². The van der Waals surface area contributed by atoms with Gasteiger partial charge in [-0.05, 0) is 67.3 Å². The van der Waals surface area contributed by atoms with Crippen LogP contribution in [-0.2, 0) is 11.3 Å². The Morgan fingerprint density at radius 3 is 2.60 bits per heavy atom. The van der Waals surface area contributed by atoms with Gasteiger partial charge in [-0.3, -0.25) is 14.4 Å². The highest BCUT2D eigenvalue weighted by Gasteiger charge is 2.35. The summed E-state index contributed by atoms with van der Waals surface area (Å²) in [6.45, 7) is 4.51. The lowest BCUT2D eigenvalue weighted by Gasteiger charge is -2.44. The number of rotatable bonds is 8. The van der Waals surface area contributed by atoms with Crippen LogP contribution in [-0.4, -0.2) is 50.2 Å². The first-order valence-electron chi connectivity index (χ1n) is 13.5. The van der Waals surface area contributed by atoms with Crippen LogP contribution in [0.15, 0.2) is 65.5 Å². The van der Waals surface area contributed by atoms with Crippen molar-refractivity contribution in [1.29, 1.82) is 0 Å². The number of methoxy groups -OCH3 is 2. The zero-order chi connectivity index (χ0) is 28.2. The summed E-state index contributed by atoms with van der Waals surface area (Å²) < 4.78 is 12.5. The van der Waals surface area contributed by atoms with Gasteiger partial charge in [-0.1, -0.05) is 12.1 Å². The number of anilines is 2. The van der Waals surface area contributed by atoms with Crippen LogP contribution >= 0.6 is 0 Å². The van der Waals surface area contributed by atoms with E-state index in [2.05, 4.69) is 15.5 Å². The number of hydrogen-bond acceptors (Lipinski definition) is 6. The largest absolute Gasteiger partial charge is 0.493 e. The van der Waals surface area contributed by atoms with Crippen molar-refractivity contribution in [2.75, 3.05) is 44.1 Å². The fourth-order valence-corrected chi connectivity index (χ4v) is 5.71. The quantitative estimate of drug-likeness (QED) is 0.419. The average molecular weight is 543 g/mol. The number of nitrogens with one attached hydrogen (secondary N) is 2. The molecule has 40 heavy (non-hydrogen) atoms. The van der Waals surface area contributed by atoms with Crippen molar-refractivity contribution in [1.82, 2.24) is 9.88 Å². The van der Waals surface area contributed by atoms with Crippen molar-refractivity contribution in [2.45, 2.75) is 25.8 Å². The average Bonchev–Trinajstić information content (AvgIpc) is 2.96. The molecule has 2 aliphatic heterocycles. The molecule has 2 aliphatic rings. The van der Waals surface area contributed by atoms with Crippen LogP contribution in [0.25, 0.3) is 6.08 Å². The molecule has 2 bridgehead atoms. The first-order chi connectivity index (χ1) is 19.4. The van der Waals surface area contributed by atoms with Crippen LogP contribution in [0.3, 0.4) is 0 Å². The number of amides is 2. The van der Waals surface area contributed by atoms with Gasteiger partial charge in [-0.25, -0.2) is 0 Å². The van der Waals surface area contributed by atoms with Gasteiger partial charge in [0.1, 0.15) is 0 Å². The summed E-state index contributed by atoms with van der Waals surface area (Å²) in [7, 11) is 3.13. The fourth-order valence-electron chi connectivity index (χ4n) is 5.71. The van der Waals surface area contributed by atoms with Crippen molar-refractivity contribution < 1.29 is 19.1 Å². The standard InChI is InChI=1S/C31H34N4O5/c1-4-32-31(38)22-10-11-26(34-17-21-14-23(19-34)25-6-5-7-30(37)35(25)18-21)24(16-22)33-29(36)13-9-20-8-12-27(39-2)28(15-20)40-3/h5-13,15-16,21,23H,4,14,17-19H2,1-3H3,(H,32,38)(H,33,36)/b13-9+/t21-,23?/m1/s1. The molecule has 3 aromatic rings. The molecule has 2 aromatic carbocycles. The smallest absolute Gasteiger partial charge is 0.251 e. The maximum absolute atomic E-state index is 13.1. The SMILES string of the molecule is CCNC(=O)c1ccc(N2CC3C[C@H](C2)Cn2c3cccc2=O)c(NC(=O)/C=C/c2ccc(OC)c(OC)c2)c1. The first kappa shape index (κ1) is 27.1.